The largest absolute Gasteiger partial charge is 0.457 e. The van der Waals surface area contributed by atoms with Crippen molar-refractivity contribution in [3.8, 4) is 5.69 Å². The second kappa shape index (κ2) is 9.09. The molecule has 0 aliphatic heterocycles. The molecule has 4 nitrogen and oxygen atoms in total. The van der Waals surface area contributed by atoms with Crippen LogP contribution >= 0.6 is 0 Å². The first-order valence-corrected chi connectivity index (χ1v) is 10.7. The van der Waals surface area contributed by atoms with E-state index in [9.17, 15) is 9.18 Å². The Hall–Kier alpha value is -4.25. The van der Waals surface area contributed by atoms with Gasteiger partial charge in [0.1, 0.15) is 18.1 Å². The molecule has 33 heavy (non-hydrogen) atoms. The van der Waals surface area contributed by atoms with Crippen LogP contribution < -0.4 is 0 Å². The van der Waals surface area contributed by atoms with Crippen LogP contribution in [-0.4, -0.2) is 15.7 Å². The topological polar surface area (TPSA) is 44.1 Å². The zero-order chi connectivity index (χ0) is 22.6. The summed E-state index contributed by atoms with van der Waals surface area (Å²) >= 11 is 0. The number of benzene rings is 4. The number of esters is 1. The predicted molar refractivity (Wildman–Crippen MR) is 126 cm³/mol. The summed E-state index contributed by atoms with van der Waals surface area (Å²) in [6.07, 6.45) is 2.54. The maximum absolute atomic E-state index is 14.9. The van der Waals surface area contributed by atoms with Crippen LogP contribution in [0.2, 0.25) is 0 Å². The molecule has 162 valence electrons. The van der Waals surface area contributed by atoms with E-state index in [0.717, 1.165) is 28.5 Å². The van der Waals surface area contributed by atoms with Gasteiger partial charge in [-0.3, -0.25) is 0 Å². The van der Waals surface area contributed by atoms with E-state index < -0.39 is 11.8 Å². The maximum Gasteiger partial charge on any atom is 0.340 e. The standard InChI is InChI=1S/C28H21FN2O2/c29-25-13-7-12-24(28(32)33-19-21-10-5-2-6-11-21)27(25)31-18-23-17-22(14-15-26(23)30-31)16-20-8-3-1-4-9-20/h1-15,17-18H,16,19H2. The van der Waals surface area contributed by atoms with Crippen LogP contribution in [0.4, 0.5) is 4.39 Å². The fourth-order valence-electron chi connectivity index (χ4n) is 3.84. The number of carbonyl (C=O) groups excluding carboxylic acids is 1. The van der Waals surface area contributed by atoms with E-state index in [1.54, 1.807) is 12.3 Å². The monoisotopic (exact) mass is 436 g/mol. The van der Waals surface area contributed by atoms with Crippen molar-refractivity contribution >= 4 is 16.9 Å². The van der Waals surface area contributed by atoms with Crippen LogP contribution in [0.1, 0.15) is 27.0 Å². The molecule has 0 aliphatic rings. The summed E-state index contributed by atoms with van der Waals surface area (Å²) in [6, 6.07) is 29.9. The fourth-order valence-corrected chi connectivity index (χ4v) is 3.84. The molecule has 0 saturated carbocycles. The normalized spacial score (nSPS) is 10.9. The molecule has 5 heteroatoms. The van der Waals surface area contributed by atoms with E-state index >= 15 is 0 Å². The highest BCUT2D eigenvalue weighted by Crippen LogP contribution is 2.24. The lowest BCUT2D eigenvalue weighted by molar-refractivity contribution is 0.0472. The first kappa shape index (κ1) is 20.6. The molecule has 1 aromatic heterocycles. The third-order valence-corrected chi connectivity index (χ3v) is 5.47. The van der Waals surface area contributed by atoms with E-state index in [1.165, 1.54) is 22.4 Å². The predicted octanol–water partition coefficient (Wildman–Crippen LogP) is 6.11. The smallest absolute Gasteiger partial charge is 0.340 e. The Morgan fingerprint density at radius 3 is 2.30 bits per heavy atom. The number of ether oxygens (including phenoxy) is 1. The van der Waals surface area contributed by atoms with Gasteiger partial charge in [0.05, 0.1) is 11.1 Å². The molecule has 0 fully saturated rings. The molecule has 0 spiro atoms. The molecule has 5 rings (SSSR count). The van der Waals surface area contributed by atoms with E-state index in [1.807, 2.05) is 66.7 Å². The van der Waals surface area contributed by atoms with Crippen molar-refractivity contribution in [2.24, 2.45) is 0 Å². The lowest BCUT2D eigenvalue weighted by Crippen LogP contribution is -2.12. The highest BCUT2D eigenvalue weighted by molar-refractivity contribution is 5.94. The molecular formula is C28H21FN2O2. The summed E-state index contributed by atoms with van der Waals surface area (Å²) in [5.74, 6) is -1.14. The zero-order valence-electron chi connectivity index (χ0n) is 17.8. The van der Waals surface area contributed by atoms with E-state index in [2.05, 4.69) is 17.2 Å². The summed E-state index contributed by atoms with van der Waals surface area (Å²) in [7, 11) is 0. The molecule has 5 aromatic rings. The molecule has 0 N–H and O–H groups in total. The van der Waals surface area contributed by atoms with Crippen molar-refractivity contribution in [1.29, 1.82) is 0 Å². The average Bonchev–Trinajstić information content (AvgIpc) is 3.26. The first-order chi connectivity index (χ1) is 16.2. The van der Waals surface area contributed by atoms with Crippen molar-refractivity contribution in [3.63, 3.8) is 0 Å². The van der Waals surface area contributed by atoms with E-state index in [4.69, 9.17) is 4.74 Å². The minimum atomic E-state index is -0.599. The Kier molecular flexibility index (Phi) is 5.68. The Balaban J connectivity index is 1.44. The van der Waals surface area contributed by atoms with Crippen LogP contribution in [-0.2, 0) is 17.8 Å². The van der Waals surface area contributed by atoms with Gasteiger partial charge in [0, 0.05) is 11.6 Å². The van der Waals surface area contributed by atoms with Crippen molar-refractivity contribution in [3.05, 3.63) is 131 Å². The van der Waals surface area contributed by atoms with Gasteiger partial charge in [-0.05, 0) is 47.4 Å². The summed E-state index contributed by atoms with van der Waals surface area (Å²) in [6.45, 7) is 0.111. The highest BCUT2D eigenvalue weighted by atomic mass is 19.1. The number of rotatable bonds is 6. The van der Waals surface area contributed by atoms with Gasteiger partial charge in [0.2, 0.25) is 0 Å². The summed E-state index contributed by atoms with van der Waals surface area (Å²) in [5, 5.41) is 5.39. The minimum absolute atomic E-state index is 0.0800. The fraction of sp³-hybridized carbons (Fsp3) is 0.0714. The summed E-state index contributed by atoms with van der Waals surface area (Å²) in [4.78, 5) is 12.8. The molecule has 0 saturated heterocycles. The quantitative estimate of drug-likeness (QED) is 0.302. The Morgan fingerprint density at radius 1 is 0.818 bits per heavy atom. The number of carbonyl (C=O) groups is 1. The van der Waals surface area contributed by atoms with E-state index in [0.29, 0.717) is 0 Å². The van der Waals surface area contributed by atoms with E-state index in [-0.39, 0.29) is 17.9 Å². The summed E-state index contributed by atoms with van der Waals surface area (Å²) in [5.41, 5.74) is 4.13. The average molecular weight is 436 g/mol. The van der Waals surface area contributed by atoms with Gasteiger partial charge in [0.15, 0.2) is 0 Å². The summed E-state index contributed by atoms with van der Waals surface area (Å²) < 4.78 is 21.8. The third-order valence-electron chi connectivity index (χ3n) is 5.47. The van der Waals surface area contributed by atoms with Gasteiger partial charge >= 0.3 is 5.97 Å². The molecule has 0 atom stereocenters. The van der Waals surface area contributed by atoms with Gasteiger partial charge < -0.3 is 4.74 Å². The van der Waals surface area contributed by atoms with Gasteiger partial charge in [-0.1, -0.05) is 72.8 Å². The lowest BCUT2D eigenvalue weighted by atomic mass is 10.0. The number of fused-ring (bicyclic) bond motifs is 1. The van der Waals surface area contributed by atoms with Crippen LogP contribution in [0.3, 0.4) is 0 Å². The molecule has 0 amide bonds. The van der Waals surface area contributed by atoms with Gasteiger partial charge in [0.25, 0.3) is 0 Å². The number of aromatic nitrogens is 2. The third kappa shape index (κ3) is 4.53. The van der Waals surface area contributed by atoms with Crippen LogP contribution in [0.15, 0.2) is 103 Å². The molecule has 4 aromatic carbocycles. The van der Waals surface area contributed by atoms with Crippen LogP contribution in [0, 0.1) is 5.82 Å². The number of para-hydroxylation sites is 1. The highest BCUT2D eigenvalue weighted by Gasteiger charge is 2.19. The second-order valence-corrected chi connectivity index (χ2v) is 7.83. The molecule has 0 radical (unpaired) electrons. The van der Waals surface area contributed by atoms with Gasteiger partial charge in [-0.25, -0.2) is 13.9 Å². The Labute approximate surface area is 190 Å². The van der Waals surface area contributed by atoms with Crippen molar-refractivity contribution in [2.45, 2.75) is 13.0 Å². The minimum Gasteiger partial charge on any atom is -0.457 e. The van der Waals surface area contributed by atoms with Gasteiger partial charge in [-0.15, -0.1) is 0 Å². The number of halogens is 1. The SMILES string of the molecule is O=C(OCc1ccccc1)c1cccc(F)c1-n1cc2cc(Cc3ccccc3)ccc2n1. The number of hydrogen-bond acceptors (Lipinski definition) is 3. The maximum atomic E-state index is 14.9. The van der Waals surface area contributed by atoms with Crippen molar-refractivity contribution in [2.75, 3.05) is 0 Å². The molecule has 0 bridgehead atoms. The Morgan fingerprint density at radius 2 is 1.55 bits per heavy atom. The molecule has 0 unspecified atom stereocenters. The van der Waals surface area contributed by atoms with Crippen molar-refractivity contribution in [1.82, 2.24) is 9.78 Å². The first-order valence-electron chi connectivity index (χ1n) is 10.7. The second-order valence-electron chi connectivity index (χ2n) is 7.83. The molecular weight excluding hydrogens is 415 g/mol. The van der Waals surface area contributed by atoms with Crippen LogP contribution in [0.5, 0.6) is 0 Å². The lowest BCUT2D eigenvalue weighted by Gasteiger charge is -2.10. The molecule has 0 aliphatic carbocycles. The van der Waals surface area contributed by atoms with Crippen molar-refractivity contribution < 1.29 is 13.9 Å². The Bertz CT molecular complexity index is 1410. The zero-order valence-corrected chi connectivity index (χ0v) is 17.8. The van der Waals surface area contributed by atoms with Gasteiger partial charge in [-0.2, -0.15) is 5.10 Å². The number of hydrogen-bond donors (Lipinski definition) is 0. The van der Waals surface area contributed by atoms with Crippen LogP contribution in [0.25, 0.3) is 16.6 Å². The molecule has 1 heterocycles. The number of nitrogens with zero attached hydrogens (tertiary/aromatic N) is 2.